The zero-order chi connectivity index (χ0) is 19.1. The largest absolute Gasteiger partial charge is 0.370 e. The van der Waals surface area contributed by atoms with E-state index >= 15 is 0 Å². The summed E-state index contributed by atoms with van der Waals surface area (Å²) < 4.78 is 0. The van der Waals surface area contributed by atoms with Gasteiger partial charge in [0.1, 0.15) is 5.82 Å². The Morgan fingerprint density at radius 2 is 1.89 bits per heavy atom. The molecule has 1 fully saturated rings. The van der Waals surface area contributed by atoms with Gasteiger partial charge >= 0.3 is 0 Å². The molecule has 0 radical (unpaired) electrons. The Hall–Kier alpha value is -2.89. The summed E-state index contributed by atoms with van der Waals surface area (Å²) in [5.74, 6) is 0.608. The molecule has 2 N–H and O–H groups in total. The number of carbonyl (C=O) groups is 2. The van der Waals surface area contributed by atoms with E-state index in [-0.39, 0.29) is 11.8 Å². The third kappa shape index (κ3) is 5.29. The number of aromatic nitrogens is 1. The van der Waals surface area contributed by atoms with Crippen LogP contribution in [0.25, 0.3) is 0 Å². The van der Waals surface area contributed by atoms with Crippen molar-refractivity contribution in [2.24, 2.45) is 0 Å². The van der Waals surface area contributed by atoms with E-state index in [2.05, 4.69) is 15.6 Å². The van der Waals surface area contributed by atoms with E-state index in [9.17, 15) is 9.59 Å². The van der Waals surface area contributed by atoms with Crippen LogP contribution in [0.15, 0.2) is 42.6 Å². The summed E-state index contributed by atoms with van der Waals surface area (Å²) in [7, 11) is 0. The average Bonchev–Trinajstić information content (AvgIpc) is 2.70. The zero-order valence-electron chi connectivity index (χ0n) is 15.7. The zero-order valence-corrected chi connectivity index (χ0v) is 15.7. The minimum Gasteiger partial charge on any atom is -0.370 e. The number of anilines is 2. The summed E-state index contributed by atoms with van der Waals surface area (Å²) >= 11 is 0. The van der Waals surface area contributed by atoms with Gasteiger partial charge in [-0.3, -0.25) is 9.59 Å². The number of aryl methyl sites for hydroxylation is 1. The molecule has 6 heteroatoms. The molecule has 27 heavy (non-hydrogen) atoms. The Labute approximate surface area is 160 Å². The van der Waals surface area contributed by atoms with Gasteiger partial charge in [-0.25, -0.2) is 4.98 Å². The van der Waals surface area contributed by atoms with Crippen LogP contribution in [-0.4, -0.2) is 41.3 Å². The van der Waals surface area contributed by atoms with E-state index in [0.29, 0.717) is 24.3 Å². The number of hydrogen-bond acceptors (Lipinski definition) is 4. The molecule has 142 valence electrons. The van der Waals surface area contributed by atoms with Gasteiger partial charge in [0, 0.05) is 43.5 Å². The van der Waals surface area contributed by atoms with Crippen LogP contribution in [0.5, 0.6) is 0 Å². The lowest BCUT2D eigenvalue weighted by Gasteiger charge is -2.26. The van der Waals surface area contributed by atoms with Gasteiger partial charge in [0.25, 0.3) is 5.91 Å². The van der Waals surface area contributed by atoms with Crippen LogP contribution < -0.4 is 10.6 Å². The lowest BCUT2D eigenvalue weighted by atomic mass is 10.1. The number of nitrogens with zero attached hydrogens (tertiary/aromatic N) is 2. The minimum atomic E-state index is -0.0580. The number of hydrogen-bond donors (Lipinski definition) is 2. The highest BCUT2D eigenvalue weighted by atomic mass is 16.2. The minimum absolute atomic E-state index is 0.0532. The van der Waals surface area contributed by atoms with Crippen molar-refractivity contribution in [3.8, 4) is 0 Å². The Kier molecular flexibility index (Phi) is 6.41. The molecule has 2 aromatic rings. The summed E-state index contributed by atoms with van der Waals surface area (Å²) in [6, 6.07) is 11.2. The number of carbonyl (C=O) groups excluding carboxylic acids is 2. The smallest absolute Gasteiger partial charge is 0.254 e. The molecule has 0 aliphatic carbocycles. The fraction of sp³-hybridized carbons (Fsp3) is 0.381. The van der Waals surface area contributed by atoms with Crippen molar-refractivity contribution in [2.75, 3.05) is 30.3 Å². The molecule has 2 heterocycles. The number of pyridine rings is 1. The SMILES string of the molecule is Cc1ccccc1NC(=O)CCNc1cc(C(=O)N2CCCCC2)ccn1. The standard InChI is InChI=1S/C21H26N4O2/c1-16-7-3-4-8-18(16)24-20(26)10-12-23-19-15-17(9-11-22-19)21(27)25-13-5-2-6-14-25/h3-4,7-9,11,15H,2,5-6,10,12-14H2,1H3,(H,22,23)(H,24,26). The lowest BCUT2D eigenvalue weighted by molar-refractivity contribution is -0.115. The predicted molar refractivity (Wildman–Crippen MR) is 107 cm³/mol. The molecule has 1 saturated heterocycles. The van der Waals surface area contributed by atoms with E-state index in [0.717, 1.165) is 37.2 Å². The van der Waals surface area contributed by atoms with E-state index < -0.39 is 0 Å². The van der Waals surface area contributed by atoms with Crippen LogP contribution in [0.2, 0.25) is 0 Å². The predicted octanol–water partition coefficient (Wildman–Crippen LogP) is 3.46. The summed E-state index contributed by atoms with van der Waals surface area (Å²) in [5, 5.41) is 6.04. The normalized spacial score (nSPS) is 13.9. The molecule has 0 atom stereocenters. The molecule has 2 amide bonds. The van der Waals surface area contributed by atoms with Crippen molar-refractivity contribution in [1.82, 2.24) is 9.88 Å². The molecule has 3 rings (SSSR count). The molecule has 1 aliphatic heterocycles. The van der Waals surface area contributed by atoms with Gasteiger partial charge in [0.2, 0.25) is 5.91 Å². The lowest BCUT2D eigenvalue weighted by Crippen LogP contribution is -2.35. The summed E-state index contributed by atoms with van der Waals surface area (Å²) in [6.45, 7) is 4.06. The monoisotopic (exact) mass is 366 g/mol. The second-order valence-electron chi connectivity index (χ2n) is 6.82. The van der Waals surface area contributed by atoms with Crippen molar-refractivity contribution in [3.63, 3.8) is 0 Å². The van der Waals surface area contributed by atoms with Crippen molar-refractivity contribution in [2.45, 2.75) is 32.6 Å². The maximum absolute atomic E-state index is 12.6. The van der Waals surface area contributed by atoms with Crippen LogP contribution in [0, 0.1) is 6.92 Å². The summed E-state index contributed by atoms with van der Waals surface area (Å²) in [6.07, 6.45) is 5.28. The van der Waals surface area contributed by atoms with Gasteiger partial charge in [-0.05, 0) is 49.9 Å². The van der Waals surface area contributed by atoms with Crippen LogP contribution >= 0.6 is 0 Å². The Balaban J connectivity index is 1.50. The maximum Gasteiger partial charge on any atom is 0.254 e. The Morgan fingerprint density at radius 3 is 2.67 bits per heavy atom. The van der Waals surface area contributed by atoms with Crippen molar-refractivity contribution in [3.05, 3.63) is 53.7 Å². The van der Waals surface area contributed by atoms with E-state index in [1.165, 1.54) is 6.42 Å². The molecule has 1 aromatic heterocycles. The first kappa shape index (κ1) is 18.9. The van der Waals surface area contributed by atoms with Gasteiger partial charge in [-0.1, -0.05) is 18.2 Å². The molecule has 0 spiro atoms. The Morgan fingerprint density at radius 1 is 1.11 bits per heavy atom. The molecular weight excluding hydrogens is 340 g/mol. The molecule has 0 unspecified atom stereocenters. The van der Waals surface area contributed by atoms with Gasteiger partial charge in [0.05, 0.1) is 0 Å². The van der Waals surface area contributed by atoms with E-state index in [4.69, 9.17) is 0 Å². The third-order valence-corrected chi connectivity index (χ3v) is 4.73. The number of benzene rings is 1. The number of likely N-dealkylation sites (tertiary alicyclic amines) is 1. The van der Waals surface area contributed by atoms with E-state index in [1.54, 1.807) is 18.3 Å². The summed E-state index contributed by atoms with van der Waals surface area (Å²) in [5.41, 5.74) is 2.50. The maximum atomic E-state index is 12.6. The van der Waals surface area contributed by atoms with Crippen LogP contribution in [0.3, 0.4) is 0 Å². The van der Waals surface area contributed by atoms with Gasteiger partial charge in [-0.15, -0.1) is 0 Å². The number of rotatable bonds is 6. The molecule has 1 aromatic carbocycles. The third-order valence-electron chi connectivity index (χ3n) is 4.73. The highest BCUT2D eigenvalue weighted by molar-refractivity contribution is 5.95. The number of para-hydroxylation sites is 1. The Bertz CT molecular complexity index is 800. The first-order valence-electron chi connectivity index (χ1n) is 9.48. The number of nitrogens with one attached hydrogen (secondary N) is 2. The second kappa shape index (κ2) is 9.16. The van der Waals surface area contributed by atoms with Crippen LogP contribution in [0.1, 0.15) is 41.6 Å². The summed E-state index contributed by atoms with van der Waals surface area (Å²) in [4.78, 5) is 30.8. The molecule has 0 saturated carbocycles. The highest BCUT2D eigenvalue weighted by Gasteiger charge is 2.18. The fourth-order valence-corrected chi connectivity index (χ4v) is 3.17. The first-order chi connectivity index (χ1) is 13.1. The van der Waals surface area contributed by atoms with Crippen LogP contribution in [0.4, 0.5) is 11.5 Å². The van der Waals surface area contributed by atoms with Crippen molar-refractivity contribution >= 4 is 23.3 Å². The topological polar surface area (TPSA) is 74.3 Å². The molecule has 1 aliphatic rings. The number of piperidine rings is 1. The van der Waals surface area contributed by atoms with Crippen molar-refractivity contribution < 1.29 is 9.59 Å². The molecular formula is C21H26N4O2. The quantitative estimate of drug-likeness (QED) is 0.821. The number of amides is 2. The fourth-order valence-electron chi connectivity index (χ4n) is 3.17. The van der Waals surface area contributed by atoms with Crippen LogP contribution in [-0.2, 0) is 4.79 Å². The first-order valence-corrected chi connectivity index (χ1v) is 9.48. The molecule has 6 nitrogen and oxygen atoms in total. The van der Waals surface area contributed by atoms with E-state index in [1.807, 2.05) is 36.1 Å². The van der Waals surface area contributed by atoms with Gasteiger partial charge < -0.3 is 15.5 Å². The average molecular weight is 366 g/mol. The second-order valence-corrected chi connectivity index (χ2v) is 6.82. The highest BCUT2D eigenvalue weighted by Crippen LogP contribution is 2.15. The van der Waals surface area contributed by atoms with Gasteiger partial charge in [0.15, 0.2) is 0 Å². The van der Waals surface area contributed by atoms with Crippen molar-refractivity contribution in [1.29, 1.82) is 0 Å². The van der Waals surface area contributed by atoms with Gasteiger partial charge in [-0.2, -0.15) is 0 Å². The molecule has 0 bridgehead atoms.